The third kappa shape index (κ3) is 4.45. The quantitative estimate of drug-likeness (QED) is 0.761. The van der Waals surface area contributed by atoms with Crippen molar-refractivity contribution in [1.82, 2.24) is 4.57 Å². The van der Waals surface area contributed by atoms with Crippen molar-refractivity contribution < 1.29 is 9.53 Å². The molecule has 1 saturated carbocycles. The van der Waals surface area contributed by atoms with Gasteiger partial charge in [0.05, 0.1) is 0 Å². The van der Waals surface area contributed by atoms with E-state index in [0.29, 0.717) is 22.2 Å². The van der Waals surface area contributed by atoms with Crippen LogP contribution in [0, 0.1) is 17.8 Å². The van der Waals surface area contributed by atoms with E-state index in [2.05, 4.69) is 36.7 Å². The molecule has 22 heavy (non-hydrogen) atoms. The highest BCUT2D eigenvalue weighted by molar-refractivity contribution is 9.10. The van der Waals surface area contributed by atoms with Crippen LogP contribution in [0.5, 0.6) is 0 Å². The number of hydrogen-bond acceptors (Lipinski definition) is 3. The lowest BCUT2D eigenvalue weighted by atomic mass is 9.75. The molecule has 0 N–H and O–H groups in total. The zero-order valence-electron chi connectivity index (χ0n) is 13.4. The molecule has 0 unspecified atom stereocenters. The van der Waals surface area contributed by atoms with E-state index < -0.39 is 0 Å². The molecule has 1 aliphatic rings. The van der Waals surface area contributed by atoms with Gasteiger partial charge >= 0.3 is 5.97 Å². The molecule has 0 aliphatic heterocycles. The zero-order chi connectivity index (χ0) is 16.3. The van der Waals surface area contributed by atoms with Gasteiger partial charge in [0.1, 0.15) is 12.6 Å². The van der Waals surface area contributed by atoms with Crippen LogP contribution in [0.15, 0.2) is 27.6 Å². The van der Waals surface area contributed by atoms with Gasteiger partial charge < -0.3 is 9.30 Å². The fourth-order valence-electron chi connectivity index (χ4n) is 3.21. The Morgan fingerprint density at radius 2 is 2.18 bits per heavy atom. The first-order valence-corrected chi connectivity index (χ1v) is 8.71. The van der Waals surface area contributed by atoms with Crippen LogP contribution in [-0.2, 0) is 16.1 Å². The van der Waals surface area contributed by atoms with Gasteiger partial charge in [0.2, 0.25) is 0 Å². The van der Waals surface area contributed by atoms with Crippen molar-refractivity contribution in [3.63, 3.8) is 0 Å². The topological polar surface area (TPSA) is 48.3 Å². The van der Waals surface area contributed by atoms with Crippen molar-refractivity contribution >= 4 is 21.9 Å². The van der Waals surface area contributed by atoms with Crippen molar-refractivity contribution in [2.75, 3.05) is 0 Å². The van der Waals surface area contributed by atoms with E-state index in [4.69, 9.17) is 4.74 Å². The van der Waals surface area contributed by atoms with Gasteiger partial charge in [-0.25, -0.2) is 0 Å². The van der Waals surface area contributed by atoms with Gasteiger partial charge in [-0.05, 0) is 36.7 Å². The summed E-state index contributed by atoms with van der Waals surface area (Å²) >= 11 is 3.24. The molecule has 0 radical (unpaired) electrons. The minimum absolute atomic E-state index is 0.0256. The van der Waals surface area contributed by atoms with E-state index in [0.717, 1.165) is 12.8 Å². The van der Waals surface area contributed by atoms with Gasteiger partial charge in [0.25, 0.3) is 5.56 Å². The van der Waals surface area contributed by atoms with Gasteiger partial charge in [-0.3, -0.25) is 9.59 Å². The minimum Gasteiger partial charge on any atom is -0.461 e. The van der Waals surface area contributed by atoms with Crippen LogP contribution in [0.1, 0.15) is 40.0 Å². The molecule has 0 spiro atoms. The average Bonchev–Trinajstić information content (AvgIpc) is 2.41. The third-order valence-electron chi connectivity index (χ3n) is 4.50. The smallest absolute Gasteiger partial charge is 0.326 e. The zero-order valence-corrected chi connectivity index (χ0v) is 15.0. The van der Waals surface area contributed by atoms with Crippen LogP contribution in [0.3, 0.4) is 0 Å². The summed E-state index contributed by atoms with van der Waals surface area (Å²) in [5, 5.41) is 0. The number of rotatable bonds is 4. The maximum absolute atomic E-state index is 12.2. The molecular formula is C17H24BrNO3. The number of carbonyl (C=O) groups excluding carboxylic acids is 1. The summed E-state index contributed by atoms with van der Waals surface area (Å²) in [6, 6.07) is 3.20. The van der Waals surface area contributed by atoms with E-state index >= 15 is 0 Å². The summed E-state index contributed by atoms with van der Waals surface area (Å²) in [6.07, 6.45) is 4.81. The minimum atomic E-state index is -0.325. The van der Waals surface area contributed by atoms with Gasteiger partial charge in [0.15, 0.2) is 0 Å². The largest absolute Gasteiger partial charge is 0.461 e. The number of halogens is 1. The fraction of sp³-hybridized carbons (Fsp3) is 0.647. The maximum Gasteiger partial charge on any atom is 0.326 e. The molecule has 0 bridgehead atoms. The number of hydrogen-bond donors (Lipinski definition) is 0. The summed E-state index contributed by atoms with van der Waals surface area (Å²) in [5.74, 6) is 1.18. The summed E-state index contributed by atoms with van der Waals surface area (Å²) in [5.41, 5.74) is -0.205. The van der Waals surface area contributed by atoms with E-state index in [1.54, 1.807) is 12.3 Å². The molecule has 1 heterocycles. The molecule has 2 rings (SSSR count). The Morgan fingerprint density at radius 3 is 2.82 bits per heavy atom. The highest BCUT2D eigenvalue weighted by atomic mass is 79.9. The lowest BCUT2D eigenvalue weighted by Gasteiger charge is -2.36. The molecule has 1 fully saturated rings. The van der Waals surface area contributed by atoms with Gasteiger partial charge in [-0.15, -0.1) is 0 Å². The number of nitrogens with zero attached hydrogens (tertiary/aromatic N) is 1. The lowest BCUT2D eigenvalue weighted by molar-refractivity contribution is -0.156. The van der Waals surface area contributed by atoms with E-state index in [1.165, 1.54) is 17.1 Å². The summed E-state index contributed by atoms with van der Waals surface area (Å²) in [4.78, 5) is 24.0. The van der Waals surface area contributed by atoms with Crippen LogP contribution >= 0.6 is 15.9 Å². The van der Waals surface area contributed by atoms with Gasteiger partial charge in [0, 0.05) is 16.7 Å². The molecule has 1 aromatic rings. The Bertz CT molecular complexity index is 582. The first-order chi connectivity index (χ1) is 10.4. The molecule has 0 saturated heterocycles. The monoisotopic (exact) mass is 369 g/mol. The van der Waals surface area contributed by atoms with Crippen molar-refractivity contribution in [2.45, 2.75) is 52.7 Å². The average molecular weight is 370 g/mol. The number of aromatic nitrogens is 1. The van der Waals surface area contributed by atoms with E-state index in [1.807, 2.05) is 0 Å². The van der Waals surface area contributed by atoms with Crippen LogP contribution in [0.4, 0.5) is 0 Å². The highest BCUT2D eigenvalue weighted by Crippen LogP contribution is 2.35. The van der Waals surface area contributed by atoms with Crippen LogP contribution in [-0.4, -0.2) is 16.6 Å². The molecule has 0 aromatic carbocycles. The van der Waals surface area contributed by atoms with Gasteiger partial charge in [-0.1, -0.05) is 43.1 Å². The van der Waals surface area contributed by atoms with Crippen LogP contribution < -0.4 is 5.56 Å². The molecule has 5 heteroatoms. The molecule has 3 atom stereocenters. The Labute approximate surface area is 140 Å². The molecule has 1 aromatic heterocycles. The molecule has 4 nitrogen and oxygen atoms in total. The summed E-state index contributed by atoms with van der Waals surface area (Å²) < 4.78 is 7.80. The number of esters is 1. The van der Waals surface area contributed by atoms with E-state index in [9.17, 15) is 9.59 Å². The number of pyridine rings is 1. The van der Waals surface area contributed by atoms with E-state index in [-0.39, 0.29) is 24.2 Å². The Balaban J connectivity index is 2.01. The number of ether oxygens (including phenoxy) is 1. The second-order valence-electron chi connectivity index (χ2n) is 6.67. The molecule has 122 valence electrons. The molecule has 1 aliphatic carbocycles. The third-order valence-corrected chi connectivity index (χ3v) is 4.99. The lowest BCUT2D eigenvalue weighted by Crippen LogP contribution is -2.37. The molecular weight excluding hydrogens is 346 g/mol. The predicted octanol–water partition coefficient (Wildman–Crippen LogP) is 3.61. The summed E-state index contributed by atoms with van der Waals surface area (Å²) in [6.45, 7) is 6.54. The first-order valence-electron chi connectivity index (χ1n) is 7.92. The Morgan fingerprint density at radius 1 is 1.45 bits per heavy atom. The van der Waals surface area contributed by atoms with Crippen molar-refractivity contribution in [3.05, 3.63) is 33.2 Å². The standard InChI is InChI=1S/C17H24BrNO3/c1-11(2)14-5-4-12(3)8-15(14)22-17(21)10-19-7-6-13(18)9-16(19)20/h6-7,9,11-12,14-15H,4-5,8,10H2,1-3H3/t12-,14+,15-/m1/s1. The van der Waals surface area contributed by atoms with Crippen molar-refractivity contribution in [1.29, 1.82) is 0 Å². The van der Waals surface area contributed by atoms with Crippen molar-refractivity contribution in [3.8, 4) is 0 Å². The second kappa shape index (κ2) is 7.44. The van der Waals surface area contributed by atoms with Gasteiger partial charge in [-0.2, -0.15) is 0 Å². The normalized spacial score (nSPS) is 25.2. The maximum atomic E-state index is 12.2. The number of carbonyl (C=O) groups is 1. The predicted molar refractivity (Wildman–Crippen MR) is 89.6 cm³/mol. The summed E-state index contributed by atoms with van der Waals surface area (Å²) in [7, 11) is 0. The Hall–Kier alpha value is -1.10. The van der Waals surface area contributed by atoms with Crippen LogP contribution in [0.25, 0.3) is 0 Å². The van der Waals surface area contributed by atoms with Crippen molar-refractivity contribution in [2.24, 2.45) is 17.8 Å². The highest BCUT2D eigenvalue weighted by Gasteiger charge is 2.33. The fourth-order valence-corrected chi connectivity index (χ4v) is 3.52. The molecule has 0 amide bonds. The second-order valence-corrected chi connectivity index (χ2v) is 7.58. The van der Waals surface area contributed by atoms with Crippen LogP contribution in [0.2, 0.25) is 0 Å². The SMILES string of the molecule is CC(C)[C@@H]1CC[C@@H](C)C[C@H]1OC(=O)Cn1ccc(Br)cc1=O. The first kappa shape index (κ1) is 17.3. The Kier molecular flexibility index (Phi) is 5.84.